The van der Waals surface area contributed by atoms with Crippen LogP contribution >= 0.6 is 0 Å². The lowest BCUT2D eigenvalue weighted by molar-refractivity contribution is -0.572. The number of nitrogens with one attached hydrogen (secondary N) is 7. The lowest BCUT2D eigenvalue weighted by atomic mass is 9.52. The molecule has 0 spiro atoms. The van der Waals surface area contributed by atoms with Gasteiger partial charge in [0.1, 0.15) is 22.3 Å². The normalized spacial score (nSPS) is 21.7. The zero-order valence-electron chi connectivity index (χ0n) is 70.7. The summed E-state index contributed by atoms with van der Waals surface area (Å²) < 4.78 is 10.9. The number of H-pyrrole nitrogens is 3. The molecular weight excluding hydrogens is 1640 g/mol. The van der Waals surface area contributed by atoms with Gasteiger partial charge in [-0.25, -0.2) is 29.3 Å². The molecule has 6 bridgehead atoms. The summed E-state index contributed by atoms with van der Waals surface area (Å²) in [6.45, 7) is 10.1. The molecule has 0 aliphatic heterocycles. The lowest BCUT2D eigenvalue weighted by Crippen LogP contribution is -2.69. The van der Waals surface area contributed by atoms with Gasteiger partial charge in [0.15, 0.2) is 11.5 Å². The van der Waals surface area contributed by atoms with Crippen molar-refractivity contribution in [2.75, 3.05) is 16.4 Å². The van der Waals surface area contributed by atoms with Crippen LogP contribution in [0.1, 0.15) is 145 Å². The van der Waals surface area contributed by atoms with Gasteiger partial charge in [0.05, 0.1) is 54.9 Å². The highest BCUT2D eigenvalue weighted by atomic mass is 16.6. The molecule has 0 saturated heterocycles. The van der Waals surface area contributed by atoms with E-state index in [1.165, 1.54) is 10.8 Å². The third-order valence-corrected chi connectivity index (χ3v) is 25.5. The van der Waals surface area contributed by atoms with E-state index in [2.05, 4.69) is 75.4 Å². The number of nitrogen functional groups attached to an aromatic ring is 1. The third kappa shape index (κ3) is 13.9. The van der Waals surface area contributed by atoms with Crippen molar-refractivity contribution < 1.29 is 53.3 Å². The molecule has 3 atom stereocenters. The number of aromatic nitrogens is 6. The van der Waals surface area contributed by atoms with Crippen LogP contribution in [0.2, 0.25) is 0 Å². The number of amides is 4. The summed E-state index contributed by atoms with van der Waals surface area (Å²) in [4.78, 5) is 127. The van der Waals surface area contributed by atoms with Crippen LogP contribution in [0.4, 0.5) is 27.4 Å². The van der Waals surface area contributed by atoms with Crippen LogP contribution in [0, 0.1) is 30.3 Å². The van der Waals surface area contributed by atoms with Gasteiger partial charge < -0.3 is 51.6 Å². The van der Waals surface area contributed by atoms with Gasteiger partial charge in [-0.1, -0.05) is 273 Å². The highest BCUT2D eigenvalue weighted by molar-refractivity contribution is 6.04. The molecule has 0 saturated carbocycles. The van der Waals surface area contributed by atoms with Gasteiger partial charge in [-0.2, -0.15) is 0 Å². The van der Waals surface area contributed by atoms with E-state index < -0.39 is 104 Å². The van der Waals surface area contributed by atoms with E-state index in [0.29, 0.717) is 78.4 Å². The second kappa shape index (κ2) is 31.6. The van der Waals surface area contributed by atoms with Crippen molar-refractivity contribution in [2.45, 2.75) is 123 Å². The molecule has 29 heteroatoms. The van der Waals surface area contributed by atoms with Gasteiger partial charge in [-0.3, -0.25) is 50.6 Å². The van der Waals surface area contributed by atoms with Crippen LogP contribution in [0.25, 0.3) is 66.1 Å². The molecule has 9 aliphatic carbocycles. The predicted octanol–water partition coefficient (Wildman–Crippen LogP) is 17.7. The molecular formula is C100H87N15O14. The number of rotatable bonds is 13. The number of aromatic amines is 3. The fourth-order valence-corrected chi connectivity index (χ4v) is 20.5. The number of fused-ring (bicyclic) bond motifs is 6. The summed E-state index contributed by atoms with van der Waals surface area (Å²) in [5.74, 6) is -3.75. The Bertz CT molecular complexity index is 6950. The van der Waals surface area contributed by atoms with E-state index in [4.69, 9.17) is 20.9 Å². The van der Waals surface area contributed by atoms with Crippen LogP contribution in [0.3, 0.4) is 0 Å². The number of aliphatic carboxylic acids is 1. The average Bonchev–Trinajstić information content (AvgIpc) is 1.08. The first kappa shape index (κ1) is 83.8. The average molecular weight is 1720 g/mol. The summed E-state index contributed by atoms with van der Waals surface area (Å²) in [7, 11) is 0. The van der Waals surface area contributed by atoms with Crippen LogP contribution in [0.5, 0.6) is 0 Å². The summed E-state index contributed by atoms with van der Waals surface area (Å²) >= 11 is 0. The molecule has 0 fully saturated rings. The first-order chi connectivity index (χ1) is 61.8. The van der Waals surface area contributed by atoms with E-state index in [1.54, 1.807) is 181 Å². The topological polar surface area (TPSA) is 440 Å². The minimum Gasteiger partial charge on any atom is -0.479 e. The van der Waals surface area contributed by atoms with Gasteiger partial charge in [-0.15, -0.1) is 0 Å². The smallest absolute Gasteiger partial charge is 0.408 e. The lowest BCUT2D eigenvalue weighted by Gasteiger charge is -2.53. The number of hydrogen-bond acceptors (Lipinski definition) is 18. The molecule has 15 aromatic rings. The number of nitrogens with two attached hydrogens (primary N) is 2. The number of carboxylic acids is 1. The predicted molar refractivity (Wildman–Crippen MR) is 486 cm³/mol. The summed E-state index contributed by atoms with van der Waals surface area (Å²) in [6, 6.07) is 84.5. The third-order valence-electron chi connectivity index (χ3n) is 25.5. The number of anilines is 3. The second-order valence-corrected chi connectivity index (χ2v) is 35.2. The van der Waals surface area contributed by atoms with Crippen LogP contribution in [-0.4, -0.2) is 108 Å². The quantitative estimate of drug-likeness (QED) is 0.0378. The molecule has 3 aromatic heterocycles. The van der Waals surface area contributed by atoms with Crippen LogP contribution in [0.15, 0.2) is 292 Å². The fourth-order valence-electron chi connectivity index (χ4n) is 20.5. The first-order valence-electron chi connectivity index (χ1n) is 41.9. The SMILES string of the molecule is CC(C)(C)OC(=O)NC1(C(=O)Nc2ncc(-c3cccc4ccccc34)[nH]2)CC2([N+](=O)[O-])c3ccccc3C1c1ccccc12.CC(C)(C)OC(=O)NC1(C(=O)O)CC2([N+](=O)[O-])c3ccccc3C1c1ccccc12.NC1(C(=O)Nc2ncc(-c3cccc4ccccc34)[nH]2)CC2([N+](=O)[O-])c3ccccc3C1c1ccccc12.Nc1ncc(-c2cccc3ccccc23)[nH]1. The monoisotopic (exact) mass is 1720 g/mol. The first-order valence-corrected chi connectivity index (χ1v) is 41.9. The Labute approximate surface area is 737 Å². The molecule has 3 heterocycles. The molecule has 646 valence electrons. The largest absolute Gasteiger partial charge is 0.479 e. The van der Waals surface area contributed by atoms with Crippen LogP contribution in [-0.2, 0) is 40.5 Å². The number of benzene rings is 12. The molecule has 0 radical (unpaired) electrons. The Morgan fingerprint density at radius 1 is 0.388 bits per heavy atom. The Kier molecular flexibility index (Phi) is 20.5. The molecule has 9 aliphatic rings. The fraction of sp³-hybridized carbons (Fsp3) is 0.200. The van der Waals surface area contributed by atoms with Crippen molar-refractivity contribution in [3.05, 3.63) is 389 Å². The number of nitrogens with zero attached hydrogens (tertiary/aromatic N) is 6. The highest BCUT2D eigenvalue weighted by Gasteiger charge is 2.73. The van der Waals surface area contributed by atoms with Crippen molar-refractivity contribution in [2.24, 2.45) is 5.73 Å². The zero-order chi connectivity index (χ0) is 90.5. The second-order valence-electron chi connectivity index (χ2n) is 35.2. The number of imidazole rings is 3. The summed E-state index contributed by atoms with van der Waals surface area (Å²) in [5, 5.41) is 66.6. The Hall–Kier alpha value is -16.0. The van der Waals surface area contributed by atoms with Gasteiger partial charge in [0.25, 0.3) is 22.5 Å². The Balaban J connectivity index is 0.000000122. The molecule has 4 amide bonds. The number of nitro groups is 3. The number of ether oxygens (including phenoxy) is 2. The molecule has 29 nitrogen and oxygen atoms in total. The molecule has 129 heavy (non-hydrogen) atoms. The van der Waals surface area contributed by atoms with Gasteiger partial charge >= 0.3 is 18.2 Å². The van der Waals surface area contributed by atoms with Gasteiger partial charge in [0, 0.05) is 82.6 Å². The number of carbonyl (C=O) groups is 5. The van der Waals surface area contributed by atoms with Crippen LogP contribution < -0.4 is 32.7 Å². The Morgan fingerprint density at radius 2 is 0.674 bits per heavy atom. The molecule has 3 unspecified atom stereocenters. The van der Waals surface area contributed by atoms with Crippen molar-refractivity contribution in [3.63, 3.8) is 0 Å². The number of carboxylic acid groups (broad SMARTS) is 1. The zero-order valence-corrected chi connectivity index (χ0v) is 70.7. The maximum absolute atomic E-state index is 14.7. The number of hydrogen-bond donors (Lipinski definition) is 10. The molecule has 12 N–H and O–H groups in total. The maximum Gasteiger partial charge on any atom is 0.408 e. The standard InChI is InChI=1S/C35H31N5O5.C30H23N5O3.C22H22N2O6.C13H11N3/c1-33(2,3)45-32(42)39-34(30(41)38-31-36-19-28(37-31)23-16-10-12-21-11-4-5-13-22(21)23)20-35(40(43)44)26-17-8-6-14-24(26)29(34)25-15-7-9-18-27(25)35;31-29(27(36)34-28-32-16-25(33-28)20-13-7-9-18-8-1-2-10-19(18)20)17-30(35(37)38)23-14-5-3-11-21(23)26(29)22-12-4-6-15-24(22)30;1-20(2,3)30-19(27)23-21(18(25)26)12-22(24(28)29)15-10-6-4-8-13(15)17(21)14-9-5-7-11-16(14)22;14-13-15-8-12(16-13)11-7-3-5-9-4-1-2-6-10(9)11/h4-19,29H,20H2,1-3H3,(H,39,42)(H2,36,37,38,41);1-16,26H,17,31H2,(H2,32,33,34,36);4-11,17H,12H2,1-3H3,(H,23,27)(H,25,26);1-8H,(H3,14,15,16). The van der Waals surface area contributed by atoms with Crippen molar-refractivity contribution >= 4 is 80.1 Å². The number of alkyl carbamates (subject to hydrolysis) is 2. The van der Waals surface area contributed by atoms with Crippen molar-refractivity contribution in [3.8, 4) is 33.8 Å². The molecule has 24 rings (SSSR count). The maximum atomic E-state index is 14.7. The minimum atomic E-state index is -1.93. The van der Waals surface area contributed by atoms with E-state index in [9.17, 15) is 59.4 Å². The Morgan fingerprint density at radius 3 is 1.02 bits per heavy atom. The highest BCUT2D eigenvalue weighted by Crippen LogP contribution is 2.64. The van der Waals surface area contributed by atoms with E-state index in [0.717, 1.165) is 49.6 Å². The van der Waals surface area contributed by atoms with Crippen molar-refractivity contribution in [1.29, 1.82) is 0 Å². The van der Waals surface area contributed by atoms with Gasteiger partial charge in [0.2, 0.25) is 17.8 Å². The van der Waals surface area contributed by atoms with E-state index in [-0.39, 0.29) is 34.6 Å². The van der Waals surface area contributed by atoms with Gasteiger partial charge in [-0.05, 0) is 107 Å². The van der Waals surface area contributed by atoms with E-state index in [1.807, 2.05) is 127 Å². The number of carbonyl (C=O) groups excluding carboxylic acids is 4. The summed E-state index contributed by atoms with van der Waals surface area (Å²) in [5.41, 5.74) is 12.4. The van der Waals surface area contributed by atoms with E-state index >= 15 is 0 Å². The molecule has 12 aromatic carbocycles. The summed E-state index contributed by atoms with van der Waals surface area (Å²) in [6.07, 6.45) is 2.37. The van der Waals surface area contributed by atoms with Crippen molar-refractivity contribution in [1.82, 2.24) is 40.5 Å². The minimum absolute atomic E-state index is 0.145.